The summed E-state index contributed by atoms with van der Waals surface area (Å²) in [6, 6.07) is 3.80. The van der Waals surface area contributed by atoms with Gasteiger partial charge in [-0.05, 0) is 45.4 Å². The molecular weight excluding hydrogens is 260 g/mol. The first-order valence-electron chi connectivity index (χ1n) is 4.41. The number of carbonyl (C=O) groups excluding carboxylic acids is 1. The lowest BCUT2D eigenvalue weighted by atomic mass is 10.1. The van der Waals surface area contributed by atoms with E-state index >= 15 is 0 Å². The summed E-state index contributed by atoms with van der Waals surface area (Å²) in [6.45, 7) is 2.11. The van der Waals surface area contributed by atoms with Crippen LogP contribution in [0.2, 0.25) is 0 Å². The third kappa shape index (κ3) is 1.41. The largest absolute Gasteiger partial charge is 0.298 e. The molecular formula is C11H9BrOS. The molecule has 0 radical (unpaired) electrons. The Kier molecular flexibility index (Phi) is 2.70. The molecule has 0 aliphatic heterocycles. The molecule has 72 valence electrons. The molecule has 0 aliphatic rings. The Morgan fingerprint density at radius 3 is 2.93 bits per heavy atom. The van der Waals surface area contributed by atoms with Crippen LogP contribution in [0.25, 0.3) is 10.1 Å². The van der Waals surface area contributed by atoms with E-state index in [4.69, 9.17) is 0 Å². The van der Waals surface area contributed by atoms with Gasteiger partial charge in [-0.3, -0.25) is 4.79 Å². The Morgan fingerprint density at radius 1 is 1.50 bits per heavy atom. The zero-order chi connectivity index (χ0) is 10.1. The van der Waals surface area contributed by atoms with Gasteiger partial charge in [-0.15, -0.1) is 11.3 Å². The van der Waals surface area contributed by atoms with Gasteiger partial charge < -0.3 is 0 Å². The van der Waals surface area contributed by atoms with E-state index in [0.29, 0.717) is 0 Å². The highest BCUT2D eigenvalue weighted by molar-refractivity contribution is 9.10. The van der Waals surface area contributed by atoms with Crippen LogP contribution in [0, 0.1) is 0 Å². The molecule has 1 heterocycles. The molecule has 0 atom stereocenters. The Balaban J connectivity index is 2.88. The second-order valence-corrected chi connectivity index (χ2v) is 4.81. The van der Waals surface area contributed by atoms with Crippen LogP contribution < -0.4 is 0 Å². The third-order valence-corrected chi connectivity index (χ3v) is 4.28. The number of thiophene rings is 1. The minimum absolute atomic E-state index is 0.793. The molecule has 0 aliphatic carbocycles. The summed E-state index contributed by atoms with van der Waals surface area (Å²) in [7, 11) is 0. The summed E-state index contributed by atoms with van der Waals surface area (Å²) >= 11 is 5.19. The Labute approximate surface area is 94.9 Å². The molecule has 0 unspecified atom stereocenters. The van der Waals surface area contributed by atoms with Gasteiger partial charge in [0, 0.05) is 20.1 Å². The molecule has 0 fully saturated rings. The SMILES string of the molecule is CCc1csc2c(Br)ccc(C=O)c12. The van der Waals surface area contributed by atoms with Crippen molar-refractivity contribution < 1.29 is 4.79 Å². The van der Waals surface area contributed by atoms with E-state index in [1.807, 2.05) is 12.1 Å². The van der Waals surface area contributed by atoms with Crippen molar-refractivity contribution in [3.05, 3.63) is 33.1 Å². The second kappa shape index (κ2) is 3.83. The average Bonchev–Trinajstić information content (AvgIpc) is 2.63. The molecule has 2 aromatic rings. The molecule has 0 saturated carbocycles. The van der Waals surface area contributed by atoms with Crippen LogP contribution in [-0.2, 0) is 6.42 Å². The van der Waals surface area contributed by atoms with Gasteiger partial charge in [0.25, 0.3) is 0 Å². The molecule has 0 amide bonds. The minimum Gasteiger partial charge on any atom is -0.298 e. The lowest BCUT2D eigenvalue weighted by molar-refractivity contribution is 0.112. The quantitative estimate of drug-likeness (QED) is 0.752. The molecule has 0 saturated heterocycles. The lowest BCUT2D eigenvalue weighted by Gasteiger charge is -1.99. The predicted octanol–water partition coefficient (Wildman–Crippen LogP) is 4.04. The monoisotopic (exact) mass is 268 g/mol. The van der Waals surface area contributed by atoms with Crippen LogP contribution in [0.15, 0.2) is 22.0 Å². The first kappa shape index (κ1) is 9.87. The number of hydrogen-bond acceptors (Lipinski definition) is 2. The first-order chi connectivity index (χ1) is 6.77. The maximum Gasteiger partial charge on any atom is 0.150 e. The van der Waals surface area contributed by atoms with Crippen molar-refractivity contribution in [2.24, 2.45) is 0 Å². The van der Waals surface area contributed by atoms with E-state index in [2.05, 4.69) is 28.2 Å². The fourth-order valence-corrected chi connectivity index (χ4v) is 3.27. The lowest BCUT2D eigenvalue weighted by Crippen LogP contribution is -1.84. The van der Waals surface area contributed by atoms with Crippen LogP contribution >= 0.6 is 27.3 Å². The normalized spacial score (nSPS) is 10.7. The van der Waals surface area contributed by atoms with Gasteiger partial charge in [0.15, 0.2) is 6.29 Å². The fraction of sp³-hybridized carbons (Fsp3) is 0.182. The molecule has 0 spiro atoms. The van der Waals surface area contributed by atoms with Crippen LogP contribution in [0.5, 0.6) is 0 Å². The molecule has 2 rings (SSSR count). The van der Waals surface area contributed by atoms with Crippen molar-refractivity contribution in [2.45, 2.75) is 13.3 Å². The molecule has 14 heavy (non-hydrogen) atoms. The number of carbonyl (C=O) groups is 1. The minimum atomic E-state index is 0.793. The Bertz CT molecular complexity index is 487. The van der Waals surface area contributed by atoms with Gasteiger partial charge in [-0.25, -0.2) is 0 Å². The maximum atomic E-state index is 10.9. The topological polar surface area (TPSA) is 17.1 Å². The standard InChI is InChI=1S/C11H9BrOS/c1-2-7-6-14-11-9(12)4-3-8(5-13)10(7)11/h3-6H,2H2,1H3. The molecule has 1 nitrogen and oxygen atoms in total. The highest BCUT2D eigenvalue weighted by Crippen LogP contribution is 2.34. The van der Waals surface area contributed by atoms with Crippen molar-refractivity contribution in [2.75, 3.05) is 0 Å². The summed E-state index contributed by atoms with van der Waals surface area (Å²) < 4.78 is 2.24. The molecule has 0 bridgehead atoms. The molecule has 1 aromatic heterocycles. The molecule has 3 heteroatoms. The van der Waals surface area contributed by atoms with E-state index in [0.717, 1.165) is 28.1 Å². The number of fused-ring (bicyclic) bond motifs is 1. The number of hydrogen-bond donors (Lipinski definition) is 0. The van der Waals surface area contributed by atoms with Crippen molar-refractivity contribution in [1.82, 2.24) is 0 Å². The van der Waals surface area contributed by atoms with Crippen molar-refractivity contribution >= 4 is 43.6 Å². The van der Waals surface area contributed by atoms with Gasteiger partial charge in [-0.2, -0.15) is 0 Å². The van der Waals surface area contributed by atoms with Gasteiger partial charge in [0.2, 0.25) is 0 Å². The van der Waals surface area contributed by atoms with Gasteiger partial charge in [0.1, 0.15) is 0 Å². The smallest absolute Gasteiger partial charge is 0.150 e. The number of halogens is 1. The van der Waals surface area contributed by atoms with E-state index in [1.54, 1.807) is 11.3 Å². The number of benzene rings is 1. The summed E-state index contributed by atoms with van der Waals surface area (Å²) in [6.07, 6.45) is 1.90. The van der Waals surface area contributed by atoms with Crippen molar-refractivity contribution in [3.63, 3.8) is 0 Å². The fourth-order valence-electron chi connectivity index (χ4n) is 1.57. The second-order valence-electron chi connectivity index (χ2n) is 3.07. The van der Waals surface area contributed by atoms with Crippen LogP contribution in [0.1, 0.15) is 22.8 Å². The van der Waals surface area contributed by atoms with Gasteiger partial charge in [0.05, 0.1) is 0 Å². The Morgan fingerprint density at radius 2 is 2.29 bits per heavy atom. The molecule has 1 aromatic carbocycles. The van der Waals surface area contributed by atoms with E-state index in [1.165, 1.54) is 10.3 Å². The average molecular weight is 269 g/mol. The number of aryl methyl sites for hydroxylation is 1. The summed E-state index contributed by atoms with van der Waals surface area (Å²) in [5.41, 5.74) is 2.05. The zero-order valence-electron chi connectivity index (χ0n) is 7.71. The van der Waals surface area contributed by atoms with E-state index in [-0.39, 0.29) is 0 Å². The van der Waals surface area contributed by atoms with Gasteiger partial charge in [-0.1, -0.05) is 6.92 Å². The maximum absolute atomic E-state index is 10.9. The number of rotatable bonds is 2. The summed E-state index contributed by atoms with van der Waals surface area (Å²) in [5, 5.41) is 3.24. The highest BCUT2D eigenvalue weighted by atomic mass is 79.9. The van der Waals surface area contributed by atoms with Crippen LogP contribution in [0.3, 0.4) is 0 Å². The summed E-state index contributed by atoms with van der Waals surface area (Å²) in [4.78, 5) is 10.9. The molecule has 0 N–H and O–H groups in total. The zero-order valence-corrected chi connectivity index (χ0v) is 10.1. The first-order valence-corrected chi connectivity index (χ1v) is 6.09. The highest BCUT2D eigenvalue weighted by Gasteiger charge is 2.09. The Hall–Kier alpha value is -0.670. The number of aldehydes is 1. The summed E-state index contributed by atoms with van der Waals surface area (Å²) in [5.74, 6) is 0. The predicted molar refractivity (Wildman–Crippen MR) is 64.3 cm³/mol. The van der Waals surface area contributed by atoms with Crippen molar-refractivity contribution in [1.29, 1.82) is 0 Å². The van der Waals surface area contributed by atoms with E-state index in [9.17, 15) is 4.79 Å². The van der Waals surface area contributed by atoms with Gasteiger partial charge >= 0.3 is 0 Å². The van der Waals surface area contributed by atoms with Crippen LogP contribution in [-0.4, -0.2) is 6.29 Å². The van der Waals surface area contributed by atoms with Crippen molar-refractivity contribution in [3.8, 4) is 0 Å². The van der Waals surface area contributed by atoms with Crippen LogP contribution in [0.4, 0.5) is 0 Å². The third-order valence-electron chi connectivity index (χ3n) is 2.29. The van der Waals surface area contributed by atoms with E-state index < -0.39 is 0 Å².